The van der Waals surface area contributed by atoms with Gasteiger partial charge in [-0.25, -0.2) is 4.98 Å². The third kappa shape index (κ3) is 3.81. The molecule has 0 fully saturated rings. The predicted molar refractivity (Wildman–Crippen MR) is 93.4 cm³/mol. The number of amides is 1. The summed E-state index contributed by atoms with van der Waals surface area (Å²) in [6, 6.07) is 13.6. The van der Waals surface area contributed by atoms with Crippen LogP contribution in [0.5, 0.6) is 0 Å². The molecule has 1 atom stereocenters. The lowest BCUT2D eigenvalue weighted by Crippen LogP contribution is -2.30. The highest BCUT2D eigenvalue weighted by Crippen LogP contribution is 2.20. The molecule has 3 rings (SSSR count). The average Bonchev–Trinajstić information content (AvgIpc) is 3.02. The maximum absolute atomic E-state index is 12.5. The maximum atomic E-state index is 12.5. The molecule has 0 aliphatic carbocycles. The van der Waals surface area contributed by atoms with Crippen LogP contribution in [0, 0.1) is 0 Å². The molecule has 1 amide bonds. The van der Waals surface area contributed by atoms with Crippen molar-refractivity contribution >= 4 is 16.9 Å². The second-order valence-electron chi connectivity index (χ2n) is 5.79. The van der Waals surface area contributed by atoms with Crippen LogP contribution in [-0.4, -0.2) is 27.6 Å². The largest absolute Gasteiger partial charge is 0.396 e. The van der Waals surface area contributed by atoms with Crippen LogP contribution in [0.1, 0.15) is 30.0 Å². The quantitative estimate of drug-likeness (QED) is 0.625. The highest BCUT2D eigenvalue weighted by atomic mass is 16.3. The first-order valence-corrected chi connectivity index (χ1v) is 8.14. The van der Waals surface area contributed by atoms with Crippen molar-refractivity contribution in [3.8, 4) is 0 Å². The van der Waals surface area contributed by atoms with E-state index in [-0.39, 0.29) is 18.6 Å². The number of hydrogen-bond donors (Lipinski definition) is 3. The molecule has 0 radical (unpaired) electrons. The Bertz CT molecular complexity index is 798. The van der Waals surface area contributed by atoms with Crippen LogP contribution in [0.4, 0.5) is 0 Å². The topological polar surface area (TPSA) is 78.0 Å². The summed E-state index contributed by atoms with van der Waals surface area (Å²) < 4.78 is 0. The third-order valence-electron chi connectivity index (χ3n) is 4.08. The van der Waals surface area contributed by atoms with Crippen molar-refractivity contribution in [3.63, 3.8) is 0 Å². The molecule has 0 aliphatic rings. The molecule has 5 nitrogen and oxygen atoms in total. The molecule has 5 heteroatoms. The zero-order valence-electron chi connectivity index (χ0n) is 13.4. The van der Waals surface area contributed by atoms with Gasteiger partial charge in [0.25, 0.3) is 0 Å². The summed E-state index contributed by atoms with van der Waals surface area (Å²) in [7, 11) is 0. The first-order chi connectivity index (χ1) is 11.8. The Morgan fingerprint density at radius 3 is 2.83 bits per heavy atom. The molecule has 0 saturated carbocycles. The predicted octanol–water partition coefficient (Wildman–Crippen LogP) is 2.74. The minimum atomic E-state index is -0.0887. The molecule has 124 valence electrons. The van der Waals surface area contributed by atoms with Crippen LogP contribution in [0.2, 0.25) is 0 Å². The molecule has 0 saturated heterocycles. The molecule has 2 aromatic heterocycles. The lowest BCUT2D eigenvalue weighted by Gasteiger charge is -2.19. The van der Waals surface area contributed by atoms with Crippen molar-refractivity contribution in [2.45, 2.75) is 25.3 Å². The van der Waals surface area contributed by atoms with Gasteiger partial charge in [-0.05, 0) is 36.1 Å². The maximum Gasteiger partial charge on any atom is 0.224 e. The second-order valence-corrected chi connectivity index (χ2v) is 5.79. The van der Waals surface area contributed by atoms with Gasteiger partial charge in [-0.3, -0.25) is 4.79 Å². The summed E-state index contributed by atoms with van der Waals surface area (Å²) in [6.45, 7) is 0.118. The van der Waals surface area contributed by atoms with E-state index in [1.165, 1.54) is 0 Å². The van der Waals surface area contributed by atoms with Crippen molar-refractivity contribution in [1.29, 1.82) is 0 Å². The van der Waals surface area contributed by atoms with Gasteiger partial charge >= 0.3 is 0 Å². The number of aliphatic hydroxyl groups is 1. The lowest BCUT2D eigenvalue weighted by molar-refractivity contribution is -0.121. The van der Waals surface area contributed by atoms with Crippen molar-refractivity contribution in [3.05, 3.63) is 66.0 Å². The van der Waals surface area contributed by atoms with E-state index in [0.29, 0.717) is 19.3 Å². The number of H-pyrrole nitrogens is 1. The van der Waals surface area contributed by atoms with Crippen molar-refractivity contribution in [2.24, 2.45) is 0 Å². The van der Waals surface area contributed by atoms with Crippen LogP contribution >= 0.6 is 0 Å². The molecular formula is C19H21N3O2. The van der Waals surface area contributed by atoms with Gasteiger partial charge in [-0.1, -0.05) is 30.3 Å². The van der Waals surface area contributed by atoms with Crippen LogP contribution in [0.15, 0.2) is 54.9 Å². The molecule has 1 unspecified atom stereocenters. The van der Waals surface area contributed by atoms with Crippen LogP contribution in [0.25, 0.3) is 11.0 Å². The summed E-state index contributed by atoms with van der Waals surface area (Å²) in [4.78, 5) is 19.8. The number of carbonyl (C=O) groups is 1. The Morgan fingerprint density at radius 1 is 1.21 bits per heavy atom. The van der Waals surface area contributed by atoms with E-state index in [1.807, 2.05) is 48.7 Å². The van der Waals surface area contributed by atoms with E-state index < -0.39 is 0 Å². The third-order valence-corrected chi connectivity index (χ3v) is 4.08. The molecule has 24 heavy (non-hydrogen) atoms. The minimum absolute atomic E-state index is 0.0356. The van der Waals surface area contributed by atoms with Crippen LogP contribution in [0.3, 0.4) is 0 Å². The van der Waals surface area contributed by atoms with Crippen molar-refractivity contribution < 1.29 is 9.90 Å². The summed E-state index contributed by atoms with van der Waals surface area (Å²) in [5, 5.41) is 13.2. The number of pyridine rings is 1. The van der Waals surface area contributed by atoms with Crippen molar-refractivity contribution in [2.75, 3.05) is 6.61 Å². The van der Waals surface area contributed by atoms with Gasteiger partial charge in [-0.15, -0.1) is 0 Å². The monoisotopic (exact) mass is 323 g/mol. The van der Waals surface area contributed by atoms with Gasteiger partial charge in [0.1, 0.15) is 5.65 Å². The summed E-state index contributed by atoms with van der Waals surface area (Å²) in [6.07, 6.45) is 5.22. The lowest BCUT2D eigenvalue weighted by atomic mass is 10.0. The van der Waals surface area contributed by atoms with Gasteiger partial charge in [-0.2, -0.15) is 0 Å². The van der Waals surface area contributed by atoms with E-state index in [4.69, 9.17) is 5.11 Å². The molecule has 0 spiro atoms. The van der Waals surface area contributed by atoms with Gasteiger partial charge in [0.05, 0.1) is 12.5 Å². The number of aromatic amines is 1. The fourth-order valence-electron chi connectivity index (χ4n) is 2.88. The molecule has 2 heterocycles. The van der Waals surface area contributed by atoms with Gasteiger partial charge < -0.3 is 15.4 Å². The highest BCUT2D eigenvalue weighted by Gasteiger charge is 2.16. The fraction of sp³-hybridized carbons (Fsp3) is 0.263. The summed E-state index contributed by atoms with van der Waals surface area (Å²) in [5.41, 5.74) is 2.78. The minimum Gasteiger partial charge on any atom is -0.396 e. The standard InChI is InChI=1S/C19H21N3O2/c23-11-5-9-17(14-6-2-1-3-7-14)22-18(24)12-15-13-21-19-16(15)8-4-10-20-19/h1-4,6-8,10,13,17,23H,5,9,11-12H2,(H,20,21)(H,22,24). The molecule has 3 N–H and O–H groups in total. The van der Waals surface area contributed by atoms with Gasteiger partial charge in [0.15, 0.2) is 0 Å². The second kappa shape index (κ2) is 7.75. The summed E-state index contributed by atoms with van der Waals surface area (Å²) >= 11 is 0. The Hall–Kier alpha value is -2.66. The first-order valence-electron chi connectivity index (χ1n) is 8.14. The van der Waals surface area contributed by atoms with Gasteiger partial charge in [0.2, 0.25) is 5.91 Å². The van der Waals surface area contributed by atoms with Crippen LogP contribution < -0.4 is 5.32 Å². The molecule has 1 aromatic carbocycles. The normalized spacial score (nSPS) is 12.2. The molecule has 3 aromatic rings. The zero-order chi connectivity index (χ0) is 16.8. The zero-order valence-corrected chi connectivity index (χ0v) is 13.4. The van der Waals surface area contributed by atoms with Gasteiger partial charge in [0, 0.05) is 24.4 Å². The number of aliphatic hydroxyl groups excluding tert-OH is 1. The number of aromatic nitrogens is 2. The Kier molecular flexibility index (Phi) is 5.23. The number of nitrogens with zero attached hydrogens (tertiary/aromatic N) is 1. The average molecular weight is 323 g/mol. The Balaban J connectivity index is 1.71. The first kappa shape index (κ1) is 16.2. The highest BCUT2D eigenvalue weighted by molar-refractivity contribution is 5.87. The number of fused-ring (bicyclic) bond motifs is 1. The van der Waals surface area contributed by atoms with Crippen LogP contribution in [-0.2, 0) is 11.2 Å². The number of benzene rings is 1. The fourth-order valence-corrected chi connectivity index (χ4v) is 2.88. The molecule has 0 aliphatic heterocycles. The number of nitrogens with one attached hydrogen (secondary N) is 2. The number of hydrogen-bond acceptors (Lipinski definition) is 3. The number of carbonyl (C=O) groups excluding carboxylic acids is 1. The summed E-state index contributed by atoms with van der Waals surface area (Å²) in [5.74, 6) is -0.0356. The molecular weight excluding hydrogens is 302 g/mol. The SMILES string of the molecule is O=C(Cc1c[nH]c2ncccc12)NC(CCCO)c1ccccc1. The van der Waals surface area contributed by atoms with E-state index in [1.54, 1.807) is 6.20 Å². The van der Waals surface area contributed by atoms with E-state index in [9.17, 15) is 4.79 Å². The Morgan fingerprint density at radius 2 is 2.04 bits per heavy atom. The number of rotatable bonds is 7. The van der Waals surface area contributed by atoms with E-state index in [2.05, 4.69) is 15.3 Å². The van der Waals surface area contributed by atoms with E-state index in [0.717, 1.165) is 22.2 Å². The van der Waals surface area contributed by atoms with E-state index >= 15 is 0 Å². The van der Waals surface area contributed by atoms with Crippen molar-refractivity contribution in [1.82, 2.24) is 15.3 Å². The smallest absolute Gasteiger partial charge is 0.224 e. The molecule has 0 bridgehead atoms. The Labute approximate surface area is 140 Å².